The molecule has 0 aliphatic rings. The minimum atomic E-state index is -2.29. The van der Waals surface area contributed by atoms with Gasteiger partial charge in [-0.3, -0.25) is 9.59 Å². The van der Waals surface area contributed by atoms with Gasteiger partial charge in [0.15, 0.2) is 6.10 Å². The molecule has 0 spiro atoms. The summed E-state index contributed by atoms with van der Waals surface area (Å²) in [5.74, 6) is -3.40. The number of aliphatic hydroxyl groups excluding tert-OH is 1. The highest BCUT2D eigenvalue weighted by atomic mass is 16.7. The van der Waals surface area contributed by atoms with Crippen molar-refractivity contribution in [3.63, 3.8) is 0 Å². The van der Waals surface area contributed by atoms with Gasteiger partial charge in [-0.25, -0.2) is 0 Å². The number of amides is 1. The van der Waals surface area contributed by atoms with Crippen LogP contribution in [-0.4, -0.2) is 34.1 Å². The molecule has 0 saturated carbocycles. The van der Waals surface area contributed by atoms with Gasteiger partial charge in [0.25, 0.3) is 5.91 Å². The van der Waals surface area contributed by atoms with Crippen molar-refractivity contribution in [1.29, 1.82) is 0 Å². The molecule has 0 aliphatic carbocycles. The van der Waals surface area contributed by atoms with Crippen LogP contribution in [0.25, 0.3) is 0 Å². The van der Waals surface area contributed by atoms with E-state index in [0.717, 1.165) is 0 Å². The molecule has 0 aliphatic heterocycles. The van der Waals surface area contributed by atoms with Crippen molar-refractivity contribution >= 4 is 12.2 Å². The Morgan fingerprint density at radius 3 is 2.15 bits per heavy atom. The number of aldehydes is 1. The van der Waals surface area contributed by atoms with Crippen LogP contribution in [-0.2, 0) is 15.3 Å². The maximum Gasteiger partial charge on any atom is 0.252 e. The first kappa shape index (κ1) is 16.3. The van der Waals surface area contributed by atoms with Gasteiger partial charge in [-0.1, -0.05) is 24.3 Å². The predicted octanol–water partition coefficient (Wildman–Crippen LogP) is 0.306. The second-order valence-corrected chi connectivity index (χ2v) is 5.46. The van der Waals surface area contributed by atoms with E-state index in [-0.39, 0.29) is 5.56 Å². The average Bonchev–Trinajstić information content (AvgIpc) is 2.35. The SMILES string of the molecule is CC(C)(C)OC(O)(c1ccc(C=O)cc1)C(O)C(N)=O. The molecule has 1 aromatic rings. The Labute approximate surface area is 117 Å². The van der Waals surface area contributed by atoms with Crippen LogP contribution in [0.1, 0.15) is 36.7 Å². The van der Waals surface area contributed by atoms with Gasteiger partial charge in [0, 0.05) is 11.1 Å². The van der Waals surface area contributed by atoms with E-state index < -0.39 is 23.4 Å². The van der Waals surface area contributed by atoms with Gasteiger partial charge in [-0.2, -0.15) is 0 Å². The second kappa shape index (κ2) is 5.70. The molecule has 6 nitrogen and oxygen atoms in total. The van der Waals surface area contributed by atoms with E-state index in [1.54, 1.807) is 20.8 Å². The number of primary amides is 1. The van der Waals surface area contributed by atoms with E-state index in [9.17, 15) is 19.8 Å². The minimum absolute atomic E-state index is 0.129. The Morgan fingerprint density at radius 2 is 1.80 bits per heavy atom. The largest absolute Gasteiger partial charge is 0.378 e. The molecule has 4 N–H and O–H groups in total. The predicted molar refractivity (Wildman–Crippen MR) is 71.8 cm³/mol. The van der Waals surface area contributed by atoms with Crippen LogP contribution in [0.2, 0.25) is 0 Å². The molecule has 0 fully saturated rings. The van der Waals surface area contributed by atoms with Crippen molar-refractivity contribution in [3.05, 3.63) is 35.4 Å². The highest BCUT2D eigenvalue weighted by molar-refractivity contribution is 5.80. The summed E-state index contributed by atoms with van der Waals surface area (Å²) >= 11 is 0. The summed E-state index contributed by atoms with van der Waals surface area (Å²) in [7, 11) is 0. The minimum Gasteiger partial charge on any atom is -0.378 e. The maximum atomic E-state index is 11.2. The quantitative estimate of drug-likeness (QED) is 0.531. The number of aliphatic hydroxyl groups is 2. The number of nitrogens with two attached hydrogens (primary N) is 1. The van der Waals surface area contributed by atoms with E-state index in [1.807, 2.05) is 0 Å². The summed E-state index contributed by atoms with van der Waals surface area (Å²) in [6.07, 6.45) is -1.30. The molecule has 110 valence electrons. The van der Waals surface area contributed by atoms with Crippen molar-refractivity contribution in [2.24, 2.45) is 5.73 Å². The number of carbonyl (C=O) groups excluding carboxylic acids is 2. The molecule has 0 saturated heterocycles. The normalized spacial score (nSPS) is 16.2. The summed E-state index contributed by atoms with van der Waals surface area (Å²) < 4.78 is 5.42. The smallest absolute Gasteiger partial charge is 0.252 e. The average molecular weight is 281 g/mol. The van der Waals surface area contributed by atoms with Gasteiger partial charge in [0.1, 0.15) is 6.29 Å². The van der Waals surface area contributed by atoms with Crippen molar-refractivity contribution in [1.82, 2.24) is 0 Å². The molecule has 1 rings (SSSR count). The third kappa shape index (κ3) is 3.63. The lowest BCUT2D eigenvalue weighted by Crippen LogP contribution is -2.52. The first-order valence-corrected chi connectivity index (χ1v) is 6.06. The van der Waals surface area contributed by atoms with Crippen LogP contribution < -0.4 is 5.73 Å². The standard InChI is InChI=1S/C14H19NO5/c1-13(2,3)20-14(19,11(17)12(15)18)10-6-4-9(8-16)5-7-10/h4-8,11,17,19H,1-3H3,(H2,15,18). The van der Waals surface area contributed by atoms with Crippen molar-refractivity contribution in [2.45, 2.75) is 38.3 Å². The Kier molecular flexibility index (Phi) is 4.65. The van der Waals surface area contributed by atoms with Gasteiger partial charge in [0.05, 0.1) is 5.60 Å². The van der Waals surface area contributed by atoms with E-state index in [1.165, 1.54) is 24.3 Å². The Balaban J connectivity index is 3.28. The van der Waals surface area contributed by atoms with Gasteiger partial charge in [-0.15, -0.1) is 0 Å². The fourth-order valence-corrected chi connectivity index (χ4v) is 1.73. The zero-order valence-electron chi connectivity index (χ0n) is 11.7. The Bertz CT molecular complexity index is 491. The summed E-state index contributed by atoms with van der Waals surface area (Å²) in [6.45, 7) is 4.97. The first-order valence-electron chi connectivity index (χ1n) is 6.06. The lowest BCUT2D eigenvalue weighted by molar-refractivity contribution is -0.297. The second-order valence-electron chi connectivity index (χ2n) is 5.46. The van der Waals surface area contributed by atoms with Gasteiger partial charge in [-0.05, 0) is 20.8 Å². The van der Waals surface area contributed by atoms with E-state index in [4.69, 9.17) is 10.5 Å². The first-order chi connectivity index (χ1) is 9.10. The van der Waals surface area contributed by atoms with Gasteiger partial charge < -0.3 is 20.7 Å². The molecule has 6 heteroatoms. The van der Waals surface area contributed by atoms with Crippen molar-refractivity contribution in [3.8, 4) is 0 Å². The number of hydrogen-bond acceptors (Lipinski definition) is 5. The summed E-state index contributed by atoms with van der Waals surface area (Å²) in [4.78, 5) is 21.8. The molecule has 0 bridgehead atoms. The van der Waals surface area contributed by atoms with Gasteiger partial charge >= 0.3 is 0 Å². The zero-order valence-corrected chi connectivity index (χ0v) is 11.7. The van der Waals surface area contributed by atoms with Crippen LogP contribution in [0.3, 0.4) is 0 Å². The summed E-state index contributed by atoms with van der Waals surface area (Å²) in [5, 5.41) is 20.4. The Hall–Kier alpha value is -1.76. The molecule has 0 heterocycles. The number of rotatable bonds is 5. The van der Waals surface area contributed by atoms with Crippen LogP contribution in [0, 0.1) is 0 Å². The number of ether oxygens (including phenoxy) is 1. The third-order valence-corrected chi connectivity index (χ3v) is 2.56. The fraction of sp³-hybridized carbons (Fsp3) is 0.429. The number of carbonyl (C=O) groups is 2. The summed E-state index contributed by atoms with van der Waals surface area (Å²) in [5.41, 5.74) is 4.73. The van der Waals surface area contributed by atoms with Gasteiger partial charge in [0.2, 0.25) is 5.79 Å². The third-order valence-electron chi connectivity index (χ3n) is 2.56. The molecule has 2 atom stereocenters. The molecule has 0 radical (unpaired) electrons. The van der Waals surface area contributed by atoms with Crippen LogP contribution in [0.5, 0.6) is 0 Å². The highest BCUT2D eigenvalue weighted by Gasteiger charge is 2.45. The Morgan fingerprint density at radius 1 is 1.30 bits per heavy atom. The van der Waals surface area contributed by atoms with Crippen molar-refractivity contribution in [2.75, 3.05) is 0 Å². The topological polar surface area (TPSA) is 110 Å². The molecular formula is C14H19NO5. The van der Waals surface area contributed by atoms with E-state index in [0.29, 0.717) is 11.8 Å². The van der Waals surface area contributed by atoms with E-state index >= 15 is 0 Å². The monoisotopic (exact) mass is 281 g/mol. The summed E-state index contributed by atoms with van der Waals surface area (Å²) in [6, 6.07) is 5.66. The maximum absolute atomic E-state index is 11.2. The lowest BCUT2D eigenvalue weighted by Gasteiger charge is -2.37. The molecule has 20 heavy (non-hydrogen) atoms. The number of hydrogen-bond donors (Lipinski definition) is 3. The molecule has 1 amide bonds. The van der Waals surface area contributed by atoms with E-state index in [2.05, 4.69) is 0 Å². The molecule has 0 aromatic heterocycles. The highest BCUT2D eigenvalue weighted by Crippen LogP contribution is 2.31. The molecular weight excluding hydrogens is 262 g/mol. The lowest BCUT2D eigenvalue weighted by atomic mass is 9.97. The number of benzene rings is 1. The van der Waals surface area contributed by atoms with Crippen LogP contribution in [0.4, 0.5) is 0 Å². The van der Waals surface area contributed by atoms with Crippen molar-refractivity contribution < 1.29 is 24.5 Å². The zero-order chi connectivity index (χ0) is 15.6. The molecule has 1 aromatic carbocycles. The van der Waals surface area contributed by atoms with Crippen LogP contribution >= 0.6 is 0 Å². The molecule has 2 unspecified atom stereocenters. The fourth-order valence-electron chi connectivity index (χ4n) is 1.73. The van der Waals surface area contributed by atoms with Crippen LogP contribution in [0.15, 0.2) is 24.3 Å².